The third-order valence-electron chi connectivity index (χ3n) is 3.14. The lowest BCUT2D eigenvalue weighted by atomic mass is 9.99. The van der Waals surface area contributed by atoms with Crippen molar-refractivity contribution in [3.63, 3.8) is 0 Å². The first kappa shape index (κ1) is 13.1. The van der Waals surface area contributed by atoms with E-state index in [1.54, 1.807) is 0 Å². The monoisotopic (exact) mass is 259 g/mol. The molecule has 2 aromatic carbocycles. The molecule has 18 heavy (non-hydrogen) atoms. The molecule has 1 nitrogen and oxygen atoms in total. The lowest BCUT2D eigenvalue weighted by molar-refractivity contribution is 0.651. The molecule has 0 saturated carbocycles. The Morgan fingerprint density at radius 1 is 1.11 bits per heavy atom. The molecule has 2 rings (SSSR count). The minimum atomic E-state index is -0.00157. The summed E-state index contributed by atoms with van der Waals surface area (Å²) in [5.74, 6) is 0. The second-order valence-electron chi connectivity index (χ2n) is 4.66. The maximum Gasteiger partial charge on any atom is 0.0456 e. The Balaban J connectivity index is 2.01. The summed E-state index contributed by atoms with van der Waals surface area (Å²) in [4.78, 5) is 0. The van der Waals surface area contributed by atoms with Gasteiger partial charge in [0.1, 0.15) is 0 Å². The van der Waals surface area contributed by atoms with Crippen molar-refractivity contribution in [1.82, 2.24) is 0 Å². The number of hydrogen-bond donors (Lipinski definition) is 1. The van der Waals surface area contributed by atoms with Gasteiger partial charge in [0.05, 0.1) is 0 Å². The van der Waals surface area contributed by atoms with Gasteiger partial charge in [-0.15, -0.1) is 0 Å². The smallest absolute Gasteiger partial charge is 0.0456 e. The lowest BCUT2D eigenvalue weighted by Crippen LogP contribution is -2.12. The van der Waals surface area contributed by atoms with Crippen LogP contribution in [0, 0.1) is 6.92 Å². The van der Waals surface area contributed by atoms with Crippen molar-refractivity contribution in [2.75, 3.05) is 0 Å². The zero-order valence-electron chi connectivity index (χ0n) is 10.6. The summed E-state index contributed by atoms with van der Waals surface area (Å²) in [5, 5.41) is 0.774. The molecule has 0 aromatic heterocycles. The first-order valence-electron chi connectivity index (χ1n) is 6.22. The van der Waals surface area contributed by atoms with Crippen LogP contribution in [0.1, 0.15) is 29.2 Å². The molecule has 0 aliphatic heterocycles. The van der Waals surface area contributed by atoms with E-state index in [0.717, 1.165) is 23.4 Å². The van der Waals surface area contributed by atoms with Gasteiger partial charge in [-0.25, -0.2) is 0 Å². The Hall–Kier alpha value is -1.31. The molecule has 0 aliphatic rings. The normalized spacial score (nSPS) is 12.4. The van der Waals surface area contributed by atoms with Crippen LogP contribution in [0.25, 0.3) is 0 Å². The molecular weight excluding hydrogens is 242 g/mol. The first-order valence-corrected chi connectivity index (χ1v) is 6.60. The predicted octanol–water partition coefficient (Wildman–Crippen LogP) is 4.28. The highest BCUT2D eigenvalue weighted by atomic mass is 35.5. The predicted molar refractivity (Wildman–Crippen MR) is 77.9 cm³/mol. The Morgan fingerprint density at radius 2 is 1.83 bits per heavy atom. The summed E-state index contributed by atoms with van der Waals surface area (Å²) in [6, 6.07) is 16.5. The maximum absolute atomic E-state index is 6.23. The fourth-order valence-corrected chi connectivity index (χ4v) is 2.43. The molecule has 2 heteroatoms. The topological polar surface area (TPSA) is 26.0 Å². The van der Waals surface area contributed by atoms with Crippen LogP contribution in [0.2, 0.25) is 5.02 Å². The van der Waals surface area contributed by atoms with Crippen LogP contribution in [-0.2, 0) is 6.42 Å². The van der Waals surface area contributed by atoms with Gasteiger partial charge < -0.3 is 5.73 Å². The lowest BCUT2D eigenvalue weighted by Gasteiger charge is -2.14. The van der Waals surface area contributed by atoms with E-state index in [0.29, 0.717) is 0 Å². The number of rotatable bonds is 4. The van der Waals surface area contributed by atoms with Crippen LogP contribution >= 0.6 is 11.6 Å². The molecule has 0 radical (unpaired) electrons. The SMILES string of the molecule is Cc1ccc(C(N)CCc2ccccc2)c(Cl)c1. The highest BCUT2D eigenvalue weighted by molar-refractivity contribution is 6.31. The third kappa shape index (κ3) is 3.34. The average Bonchev–Trinajstić information content (AvgIpc) is 2.37. The Kier molecular flexibility index (Phi) is 4.40. The minimum Gasteiger partial charge on any atom is -0.324 e. The van der Waals surface area contributed by atoms with E-state index in [9.17, 15) is 0 Å². The quantitative estimate of drug-likeness (QED) is 0.871. The van der Waals surface area contributed by atoms with Crippen molar-refractivity contribution in [3.8, 4) is 0 Å². The van der Waals surface area contributed by atoms with Crippen molar-refractivity contribution < 1.29 is 0 Å². The summed E-state index contributed by atoms with van der Waals surface area (Å²) in [7, 11) is 0. The van der Waals surface area contributed by atoms with Gasteiger partial charge in [-0.3, -0.25) is 0 Å². The van der Waals surface area contributed by atoms with Crippen LogP contribution in [0.4, 0.5) is 0 Å². The van der Waals surface area contributed by atoms with Crippen LogP contribution < -0.4 is 5.73 Å². The Bertz CT molecular complexity index is 508. The molecule has 0 saturated heterocycles. The molecule has 0 heterocycles. The summed E-state index contributed by atoms with van der Waals surface area (Å²) < 4.78 is 0. The molecule has 1 unspecified atom stereocenters. The molecule has 0 bridgehead atoms. The third-order valence-corrected chi connectivity index (χ3v) is 3.47. The van der Waals surface area contributed by atoms with E-state index in [2.05, 4.69) is 30.3 Å². The molecular formula is C16H18ClN. The highest BCUT2D eigenvalue weighted by Gasteiger charge is 2.10. The molecule has 2 N–H and O–H groups in total. The fourth-order valence-electron chi connectivity index (χ4n) is 2.06. The summed E-state index contributed by atoms with van der Waals surface area (Å²) in [6.07, 6.45) is 1.89. The molecule has 2 aromatic rings. The first-order chi connectivity index (χ1) is 8.66. The molecule has 0 amide bonds. The number of benzene rings is 2. The van der Waals surface area contributed by atoms with Gasteiger partial charge in [0.2, 0.25) is 0 Å². The van der Waals surface area contributed by atoms with Crippen LogP contribution in [-0.4, -0.2) is 0 Å². The van der Waals surface area contributed by atoms with E-state index >= 15 is 0 Å². The van der Waals surface area contributed by atoms with Gasteiger partial charge >= 0.3 is 0 Å². The van der Waals surface area contributed by atoms with Gasteiger partial charge in [-0.1, -0.05) is 54.1 Å². The standard InChI is InChI=1S/C16H18ClN/c1-12-7-9-14(15(17)11-12)16(18)10-8-13-5-3-2-4-6-13/h2-7,9,11,16H,8,10,18H2,1H3. The van der Waals surface area contributed by atoms with Crippen molar-refractivity contribution in [1.29, 1.82) is 0 Å². The second-order valence-corrected chi connectivity index (χ2v) is 5.06. The van der Waals surface area contributed by atoms with Crippen LogP contribution in [0.5, 0.6) is 0 Å². The van der Waals surface area contributed by atoms with Crippen molar-refractivity contribution >= 4 is 11.6 Å². The van der Waals surface area contributed by atoms with Gasteiger partial charge in [-0.2, -0.15) is 0 Å². The second kappa shape index (κ2) is 6.03. The van der Waals surface area contributed by atoms with Crippen molar-refractivity contribution in [3.05, 3.63) is 70.2 Å². The van der Waals surface area contributed by atoms with E-state index in [-0.39, 0.29) is 6.04 Å². The molecule has 1 atom stereocenters. The highest BCUT2D eigenvalue weighted by Crippen LogP contribution is 2.25. The Labute approximate surface area is 114 Å². The Morgan fingerprint density at radius 3 is 2.50 bits per heavy atom. The fraction of sp³-hybridized carbons (Fsp3) is 0.250. The molecule has 0 fully saturated rings. The van der Waals surface area contributed by atoms with Crippen LogP contribution in [0.3, 0.4) is 0 Å². The number of halogens is 1. The van der Waals surface area contributed by atoms with E-state index in [4.69, 9.17) is 17.3 Å². The van der Waals surface area contributed by atoms with Gasteiger partial charge in [0, 0.05) is 11.1 Å². The largest absolute Gasteiger partial charge is 0.324 e. The number of aryl methyl sites for hydroxylation is 2. The van der Waals surface area contributed by atoms with Gasteiger partial charge in [-0.05, 0) is 42.5 Å². The molecule has 0 aliphatic carbocycles. The van der Waals surface area contributed by atoms with Gasteiger partial charge in [0.15, 0.2) is 0 Å². The maximum atomic E-state index is 6.23. The molecule has 94 valence electrons. The molecule has 0 spiro atoms. The van der Waals surface area contributed by atoms with Crippen molar-refractivity contribution in [2.24, 2.45) is 5.73 Å². The van der Waals surface area contributed by atoms with E-state index < -0.39 is 0 Å². The zero-order chi connectivity index (χ0) is 13.0. The average molecular weight is 260 g/mol. The summed E-state index contributed by atoms with van der Waals surface area (Å²) >= 11 is 6.23. The van der Waals surface area contributed by atoms with E-state index in [1.807, 2.05) is 25.1 Å². The number of nitrogens with two attached hydrogens (primary N) is 1. The van der Waals surface area contributed by atoms with Crippen molar-refractivity contribution in [2.45, 2.75) is 25.8 Å². The summed E-state index contributed by atoms with van der Waals surface area (Å²) in [6.45, 7) is 2.03. The van der Waals surface area contributed by atoms with Gasteiger partial charge in [0.25, 0.3) is 0 Å². The van der Waals surface area contributed by atoms with Crippen LogP contribution in [0.15, 0.2) is 48.5 Å². The summed E-state index contributed by atoms with van der Waals surface area (Å²) in [5.41, 5.74) is 9.73. The number of hydrogen-bond acceptors (Lipinski definition) is 1. The zero-order valence-corrected chi connectivity index (χ0v) is 11.3. The minimum absolute atomic E-state index is 0.00157. The van der Waals surface area contributed by atoms with E-state index in [1.165, 1.54) is 11.1 Å².